The number of rotatable bonds is 8. The summed E-state index contributed by atoms with van der Waals surface area (Å²) in [6, 6.07) is 7.33. The molecule has 114 valence electrons. The quantitative estimate of drug-likeness (QED) is 0.586. The minimum atomic E-state index is -0.295. The van der Waals surface area contributed by atoms with Crippen molar-refractivity contribution < 1.29 is 19.1 Å². The third-order valence-corrected chi connectivity index (χ3v) is 3.08. The molecule has 0 bridgehead atoms. The highest BCUT2D eigenvalue weighted by Crippen LogP contribution is 2.10. The van der Waals surface area contributed by atoms with E-state index in [1.54, 1.807) is 12.1 Å². The molecule has 0 aliphatic rings. The maximum Gasteiger partial charge on any atom is 0.305 e. The summed E-state index contributed by atoms with van der Waals surface area (Å²) in [5.41, 5.74) is 1.71. The Morgan fingerprint density at radius 1 is 1.10 bits per heavy atom. The van der Waals surface area contributed by atoms with Gasteiger partial charge in [-0.05, 0) is 18.4 Å². The van der Waals surface area contributed by atoms with Crippen LogP contribution >= 0.6 is 0 Å². The molecule has 1 rings (SSSR count). The summed E-state index contributed by atoms with van der Waals surface area (Å²) in [7, 11) is 1.34. The maximum absolute atomic E-state index is 11.9. The third kappa shape index (κ3) is 6.70. The number of amides is 1. The molecule has 5 nitrogen and oxygen atoms in total. The Bertz CT molecular complexity index is 494. The molecular formula is C16H21NO4. The first-order chi connectivity index (χ1) is 10.0. The largest absolute Gasteiger partial charge is 0.469 e. The summed E-state index contributed by atoms with van der Waals surface area (Å²) in [6.45, 7) is 2.07. The Balaban J connectivity index is 2.40. The van der Waals surface area contributed by atoms with Gasteiger partial charge >= 0.3 is 5.97 Å². The lowest BCUT2D eigenvalue weighted by Crippen LogP contribution is -2.22. The van der Waals surface area contributed by atoms with Gasteiger partial charge in [0.25, 0.3) is 0 Å². The zero-order valence-corrected chi connectivity index (χ0v) is 12.5. The van der Waals surface area contributed by atoms with Crippen molar-refractivity contribution in [1.82, 2.24) is 5.32 Å². The van der Waals surface area contributed by atoms with Crippen LogP contribution in [0, 0.1) is 0 Å². The van der Waals surface area contributed by atoms with Crippen LogP contribution in [0.15, 0.2) is 24.3 Å². The summed E-state index contributed by atoms with van der Waals surface area (Å²) >= 11 is 0. The van der Waals surface area contributed by atoms with Crippen LogP contribution in [0.4, 0.5) is 0 Å². The van der Waals surface area contributed by atoms with Crippen LogP contribution < -0.4 is 5.32 Å². The molecule has 21 heavy (non-hydrogen) atoms. The van der Waals surface area contributed by atoms with Gasteiger partial charge < -0.3 is 10.1 Å². The molecule has 0 saturated carbocycles. The van der Waals surface area contributed by atoms with E-state index in [1.807, 2.05) is 12.1 Å². The lowest BCUT2D eigenvalue weighted by molar-refractivity contribution is -0.140. The van der Waals surface area contributed by atoms with Crippen LogP contribution in [0.25, 0.3) is 0 Å². The van der Waals surface area contributed by atoms with Gasteiger partial charge in [-0.25, -0.2) is 0 Å². The van der Waals surface area contributed by atoms with Gasteiger partial charge in [0.05, 0.1) is 7.11 Å². The van der Waals surface area contributed by atoms with Crippen LogP contribution in [0.1, 0.15) is 42.1 Å². The van der Waals surface area contributed by atoms with Crippen LogP contribution in [-0.4, -0.2) is 31.3 Å². The average molecular weight is 291 g/mol. The van der Waals surface area contributed by atoms with E-state index in [2.05, 4.69) is 10.1 Å². The molecule has 0 spiro atoms. The lowest BCUT2D eigenvalue weighted by atomic mass is 10.0. The molecular weight excluding hydrogens is 270 g/mol. The Kier molecular flexibility index (Phi) is 7.15. The molecule has 1 aromatic rings. The molecule has 1 amide bonds. The van der Waals surface area contributed by atoms with Crippen LogP contribution in [0.5, 0.6) is 0 Å². The van der Waals surface area contributed by atoms with Crippen molar-refractivity contribution in [3.8, 4) is 0 Å². The van der Waals surface area contributed by atoms with E-state index >= 15 is 0 Å². The molecule has 0 unspecified atom stereocenters. The number of ether oxygens (including phenoxy) is 1. The van der Waals surface area contributed by atoms with Crippen molar-refractivity contribution in [1.29, 1.82) is 0 Å². The number of hydrogen-bond donors (Lipinski definition) is 1. The van der Waals surface area contributed by atoms with Gasteiger partial charge in [-0.2, -0.15) is 0 Å². The Morgan fingerprint density at radius 3 is 2.33 bits per heavy atom. The number of nitrogens with one attached hydrogen (secondary N) is 1. The maximum atomic E-state index is 11.9. The van der Waals surface area contributed by atoms with Gasteiger partial charge in [0, 0.05) is 31.9 Å². The number of hydrogen-bond acceptors (Lipinski definition) is 4. The van der Waals surface area contributed by atoms with Crippen molar-refractivity contribution in [3.05, 3.63) is 35.4 Å². The molecule has 0 heterocycles. The van der Waals surface area contributed by atoms with E-state index in [0.29, 0.717) is 24.9 Å². The highest BCUT2D eigenvalue weighted by Gasteiger charge is 2.08. The smallest absolute Gasteiger partial charge is 0.305 e. The fourth-order valence-corrected chi connectivity index (χ4v) is 1.88. The van der Waals surface area contributed by atoms with Crippen LogP contribution in [0.3, 0.4) is 0 Å². The Morgan fingerprint density at radius 2 is 1.76 bits per heavy atom. The standard InChI is InChI=1S/C16H21NO4/c1-12(18)17-11-10-13-6-8-14(9-7-13)15(19)4-3-5-16(20)21-2/h6-9H,3-5,10-11H2,1-2H3,(H,17,18). The summed E-state index contributed by atoms with van der Waals surface area (Å²) in [5, 5.41) is 2.73. The van der Waals surface area contributed by atoms with Crippen LogP contribution in [-0.2, 0) is 20.7 Å². The fraction of sp³-hybridized carbons (Fsp3) is 0.438. The SMILES string of the molecule is COC(=O)CCCC(=O)c1ccc(CCNC(C)=O)cc1. The van der Waals surface area contributed by atoms with Crippen molar-refractivity contribution in [2.45, 2.75) is 32.6 Å². The number of esters is 1. The number of methoxy groups -OCH3 is 1. The van der Waals surface area contributed by atoms with Gasteiger partial charge in [-0.15, -0.1) is 0 Å². The van der Waals surface area contributed by atoms with E-state index in [-0.39, 0.29) is 24.1 Å². The molecule has 0 radical (unpaired) electrons. The second-order valence-corrected chi connectivity index (χ2v) is 4.78. The predicted molar refractivity (Wildman–Crippen MR) is 79.0 cm³/mol. The molecule has 5 heteroatoms. The van der Waals surface area contributed by atoms with Crippen molar-refractivity contribution >= 4 is 17.7 Å². The topological polar surface area (TPSA) is 72.5 Å². The van der Waals surface area contributed by atoms with Crippen LogP contribution in [0.2, 0.25) is 0 Å². The molecule has 0 aliphatic heterocycles. The van der Waals surface area contributed by atoms with Gasteiger partial charge in [0.15, 0.2) is 5.78 Å². The Labute approximate surface area is 124 Å². The van der Waals surface area contributed by atoms with E-state index in [9.17, 15) is 14.4 Å². The number of ketones is 1. The van der Waals surface area contributed by atoms with Gasteiger partial charge in [-0.1, -0.05) is 24.3 Å². The first kappa shape index (κ1) is 16.9. The highest BCUT2D eigenvalue weighted by molar-refractivity contribution is 5.96. The molecule has 0 atom stereocenters. The molecule has 0 fully saturated rings. The second-order valence-electron chi connectivity index (χ2n) is 4.78. The highest BCUT2D eigenvalue weighted by atomic mass is 16.5. The Hall–Kier alpha value is -2.17. The zero-order chi connectivity index (χ0) is 15.7. The zero-order valence-electron chi connectivity index (χ0n) is 12.5. The number of carbonyl (C=O) groups excluding carboxylic acids is 3. The molecule has 0 saturated heterocycles. The average Bonchev–Trinajstić information content (AvgIpc) is 2.47. The number of benzene rings is 1. The van der Waals surface area contributed by atoms with Gasteiger partial charge in [-0.3, -0.25) is 14.4 Å². The minimum Gasteiger partial charge on any atom is -0.469 e. The molecule has 1 N–H and O–H groups in total. The van der Waals surface area contributed by atoms with Gasteiger partial charge in [0.2, 0.25) is 5.91 Å². The monoisotopic (exact) mass is 291 g/mol. The molecule has 1 aromatic carbocycles. The lowest BCUT2D eigenvalue weighted by Gasteiger charge is -2.05. The first-order valence-corrected chi connectivity index (χ1v) is 6.96. The molecule has 0 aliphatic carbocycles. The summed E-state index contributed by atoms with van der Waals surface area (Å²) in [4.78, 5) is 33.6. The van der Waals surface area contributed by atoms with E-state index < -0.39 is 0 Å². The fourth-order valence-electron chi connectivity index (χ4n) is 1.88. The molecule has 0 aromatic heterocycles. The number of carbonyl (C=O) groups is 3. The van der Waals surface area contributed by atoms with Crippen molar-refractivity contribution in [2.75, 3.05) is 13.7 Å². The summed E-state index contributed by atoms with van der Waals surface area (Å²) in [6.07, 6.45) is 1.82. The van der Waals surface area contributed by atoms with E-state index in [0.717, 1.165) is 12.0 Å². The summed E-state index contributed by atoms with van der Waals surface area (Å²) in [5.74, 6) is -0.323. The number of Topliss-reactive ketones (excluding diaryl/α,β-unsaturated/α-hetero) is 1. The van der Waals surface area contributed by atoms with E-state index in [4.69, 9.17) is 0 Å². The normalized spacial score (nSPS) is 10.0. The predicted octanol–water partition coefficient (Wildman–Crippen LogP) is 1.89. The summed E-state index contributed by atoms with van der Waals surface area (Å²) < 4.78 is 4.53. The third-order valence-electron chi connectivity index (χ3n) is 3.08. The van der Waals surface area contributed by atoms with E-state index in [1.165, 1.54) is 14.0 Å². The second kappa shape index (κ2) is 8.89. The van der Waals surface area contributed by atoms with Gasteiger partial charge in [0.1, 0.15) is 0 Å². The van der Waals surface area contributed by atoms with Crippen molar-refractivity contribution in [3.63, 3.8) is 0 Å². The minimum absolute atomic E-state index is 0.0207. The van der Waals surface area contributed by atoms with Crippen molar-refractivity contribution in [2.24, 2.45) is 0 Å². The first-order valence-electron chi connectivity index (χ1n) is 6.96.